The molecule has 1 unspecified atom stereocenters. The standard InChI is InChI=1S/C22H27BrN2O4S/c1-26-19-12-21(28-3)20(27-2)11-15(19)13-25(14-18-5-4-10-29-18)22(30)24-17-8-6-16(23)7-9-17/h6-9,11-12,18H,4-5,10,13-14H2,1-3H3,(H,24,30). The highest BCUT2D eigenvalue weighted by Crippen LogP contribution is 2.35. The Labute approximate surface area is 191 Å². The summed E-state index contributed by atoms with van der Waals surface area (Å²) in [5, 5.41) is 3.97. The van der Waals surface area contributed by atoms with E-state index in [9.17, 15) is 0 Å². The van der Waals surface area contributed by atoms with Gasteiger partial charge >= 0.3 is 0 Å². The summed E-state index contributed by atoms with van der Waals surface area (Å²) < 4.78 is 23.4. The van der Waals surface area contributed by atoms with Crippen LogP contribution in [0.5, 0.6) is 17.2 Å². The van der Waals surface area contributed by atoms with E-state index in [2.05, 4.69) is 26.1 Å². The largest absolute Gasteiger partial charge is 0.496 e. The number of hydrogen-bond acceptors (Lipinski definition) is 5. The summed E-state index contributed by atoms with van der Waals surface area (Å²) in [6.45, 7) is 2.04. The van der Waals surface area contributed by atoms with Gasteiger partial charge in [-0.1, -0.05) is 15.9 Å². The lowest BCUT2D eigenvalue weighted by Crippen LogP contribution is -2.39. The zero-order valence-electron chi connectivity index (χ0n) is 17.4. The van der Waals surface area contributed by atoms with Gasteiger partial charge in [0.15, 0.2) is 16.6 Å². The Hall–Kier alpha value is -2.03. The molecule has 1 saturated heterocycles. The highest BCUT2D eigenvalue weighted by molar-refractivity contribution is 9.10. The fraction of sp³-hybridized carbons (Fsp3) is 0.409. The zero-order chi connectivity index (χ0) is 21.5. The Morgan fingerprint density at radius 3 is 2.37 bits per heavy atom. The van der Waals surface area contributed by atoms with Gasteiger partial charge in [-0.05, 0) is 55.4 Å². The van der Waals surface area contributed by atoms with Gasteiger partial charge in [0.25, 0.3) is 0 Å². The second-order valence-electron chi connectivity index (χ2n) is 6.97. The normalized spacial score (nSPS) is 15.5. The Balaban J connectivity index is 1.84. The molecule has 3 rings (SSSR count). The molecule has 30 heavy (non-hydrogen) atoms. The molecular weight excluding hydrogens is 468 g/mol. The first-order chi connectivity index (χ1) is 14.5. The Morgan fingerprint density at radius 2 is 1.77 bits per heavy atom. The number of thiocarbonyl (C=S) groups is 1. The molecule has 2 aromatic carbocycles. The van der Waals surface area contributed by atoms with Gasteiger partial charge in [-0.15, -0.1) is 0 Å². The van der Waals surface area contributed by atoms with Crippen LogP contribution in [0.15, 0.2) is 40.9 Å². The van der Waals surface area contributed by atoms with E-state index < -0.39 is 0 Å². The van der Waals surface area contributed by atoms with Crippen LogP contribution in [0.3, 0.4) is 0 Å². The van der Waals surface area contributed by atoms with Gasteiger partial charge in [0.05, 0.1) is 27.4 Å². The monoisotopic (exact) mass is 494 g/mol. The molecule has 1 aliphatic heterocycles. The smallest absolute Gasteiger partial charge is 0.173 e. The number of rotatable bonds is 8. The maximum absolute atomic E-state index is 5.86. The third kappa shape index (κ3) is 5.77. The van der Waals surface area contributed by atoms with Crippen molar-refractivity contribution in [1.29, 1.82) is 0 Å². The molecule has 0 radical (unpaired) electrons. The van der Waals surface area contributed by atoms with Crippen LogP contribution in [0.4, 0.5) is 5.69 Å². The molecular formula is C22H27BrN2O4S. The summed E-state index contributed by atoms with van der Waals surface area (Å²) >= 11 is 9.23. The van der Waals surface area contributed by atoms with Crippen LogP contribution < -0.4 is 19.5 Å². The number of nitrogens with one attached hydrogen (secondary N) is 1. The van der Waals surface area contributed by atoms with Crippen molar-refractivity contribution in [1.82, 2.24) is 4.90 Å². The molecule has 1 fully saturated rings. The van der Waals surface area contributed by atoms with Gasteiger partial charge in [-0.3, -0.25) is 0 Å². The van der Waals surface area contributed by atoms with Gasteiger partial charge in [-0.2, -0.15) is 0 Å². The Kier molecular flexibility index (Phi) is 8.18. The molecule has 0 aromatic heterocycles. The molecule has 1 atom stereocenters. The van der Waals surface area contributed by atoms with Crippen LogP contribution >= 0.6 is 28.1 Å². The molecule has 162 valence electrons. The van der Waals surface area contributed by atoms with Crippen molar-refractivity contribution in [2.45, 2.75) is 25.5 Å². The topological polar surface area (TPSA) is 52.2 Å². The fourth-order valence-electron chi connectivity index (χ4n) is 3.41. The summed E-state index contributed by atoms with van der Waals surface area (Å²) in [6, 6.07) is 11.7. The summed E-state index contributed by atoms with van der Waals surface area (Å²) in [5.74, 6) is 1.99. The SMILES string of the molecule is COc1cc(OC)c(OC)cc1CN(CC1CCCO1)C(=S)Nc1ccc(Br)cc1. The number of halogens is 1. The van der Waals surface area contributed by atoms with E-state index in [4.69, 9.17) is 31.2 Å². The zero-order valence-corrected chi connectivity index (χ0v) is 19.8. The minimum atomic E-state index is 0.154. The molecule has 0 aliphatic carbocycles. The lowest BCUT2D eigenvalue weighted by Gasteiger charge is -2.29. The molecule has 1 heterocycles. The predicted octanol–water partition coefficient (Wildman–Crippen LogP) is 4.85. The average Bonchev–Trinajstić information content (AvgIpc) is 3.27. The minimum absolute atomic E-state index is 0.154. The van der Waals surface area contributed by atoms with E-state index >= 15 is 0 Å². The maximum atomic E-state index is 5.86. The first-order valence-electron chi connectivity index (χ1n) is 9.76. The molecule has 0 spiro atoms. The average molecular weight is 495 g/mol. The van der Waals surface area contributed by atoms with Crippen molar-refractivity contribution >= 4 is 38.9 Å². The van der Waals surface area contributed by atoms with Crippen LogP contribution in [-0.4, -0.2) is 50.6 Å². The molecule has 0 saturated carbocycles. The second-order valence-corrected chi connectivity index (χ2v) is 8.27. The van der Waals surface area contributed by atoms with Crippen molar-refractivity contribution in [3.63, 3.8) is 0 Å². The van der Waals surface area contributed by atoms with Gasteiger partial charge in [0.2, 0.25) is 0 Å². The van der Waals surface area contributed by atoms with Gasteiger partial charge in [-0.25, -0.2) is 0 Å². The van der Waals surface area contributed by atoms with E-state index in [0.29, 0.717) is 29.7 Å². The molecule has 1 aliphatic rings. The minimum Gasteiger partial charge on any atom is -0.496 e. The lowest BCUT2D eigenvalue weighted by atomic mass is 10.1. The number of ether oxygens (including phenoxy) is 4. The van der Waals surface area contributed by atoms with E-state index in [-0.39, 0.29) is 6.10 Å². The van der Waals surface area contributed by atoms with Crippen LogP contribution in [0.2, 0.25) is 0 Å². The lowest BCUT2D eigenvalue weighted by molar-refractivity contribution is 0.0903. The summed E-state index contributed by atoms with van der Waals surface area (Å²) in [7, 11) is 4.88. The third-order valence-electron chi connectivity index (χ3n) is 4.98. The van der Waals surface area contributed by atoms with E-state index in [1.807, 2.05) is 36.4 Å². The highest BCUT2D eigenvalue weighted by atomic mass is 79.9. The van der Waals surface area contributed by atoms with Crippen molar-refractivity contribution < 1.29 is 18.9 Å². The molecule has 1 N–H and O–H groups in total. The van der Waals surface area contributed by atoms with Gasteiger partial charge in [0.1, 0.15) is 5.75 Å². The van der Waals surface area contributed by atoms with Crippen LogP contribution in [0.25, 0.3) is 0 Å². The van der Waals surface area contributed by atoms with Crippen molar-refractivity contribution in [3.8, 4) is 17.2 Å². The van der Waals surface area contributed by atoms with Crippen LogP contribution in [0.1, 0.15) is 18.4 Å². The van der Waals surface area contributed by atoms with E-state index in [1.54, 1.807) is 21.3 Å². The Bertz CT molecular complexity index is 857. The predicted molar refractivity (Wildman–Crippen MR) is 126 cm³/mol. The number of anilines is 1. The summed E-state index contributed by atoms with van der Waals surface area (Å²) in [4.78, 5) is 2.11. The number of benzene rings is 2. The highest BCUT2D eigenvalue weighted by Gasteiger charge is 2.23. The maximum Gasteiger partial charge on any atom is 0.173 e. The summed E-state index contributed by atoms with van der Waals surface area (Å²) in [6.07, 6.45) is 2.26. The van der Waals surface area contributed by atoms with Crippen molar-refractivity contribution in [2.24, 2.45) is 0 Å². The van der Waals surface area contributed by atoms with E-state index in [1.165, 1.54) is 0 Å². The molecule has 6 nitrogen and oxygen atoms in total. The molecule has 2 aromatic rings. The Morgan fingerprint density at radius 1 is 1.10 bits per heavy atom. The van der Waals surface area contributed by atoms with Gasteiger partial charge < -0.3 is 29.2 Å². The quantitative estimate of drug-likeness (QED) is 0.526. The first-order valence-corrected chi connectivity index (χ1v) is 11.0. The van der Waals surface area contributed by atoms with E-state index in [0.717, 1.165) is 40.9 Å². The summed E-state index contributed by atoms with van der Waals surface area (Å²) in [5.41, 5.74) is 1.88. The van der Waals surface area contributed by atoms with Crippen molar-refractivity contribution in [2.75, 3.05) is 39.8 Å². The number of methoxy groups -OCH3 is 3. The molecule has 0 amide bonds. The number of hydrogen-bond donors (Lipinski definition) is 1. The third-order valence-corrected chi connectivity index (χ3v) is 5.87. The van der Waals surface area contributed by atoms with Crippen molar-refractivity contribution in [3.05, 3.63) is 46.4 Å². The first kappa shape index (κ1) is 22.7. The van der Waals surface area contributed by atoms with Crippen LogP contribution in [0, 0.1) is 0 Å². The van der Waals surface area contributed by atoms with Gasteiger partial charge in [0, 0.05) is 41.5 Å². The second kappa shape index (κ2) is 10.8. The molecule has 8 heteroatoms. The van der Waals surface area contributed by atoms with Crippen LogP contribution in [-0.2, 0) is 11.3 Å². The number of nitrogens with zero attached hydrogens (tertiary/aromatic N) is 1. The fourth-order valence-corrected chi connectivity index (χ4v) is 3.93. The molecule has 0 bridgehead atoms.